The van der Waals surface area contributed by atoms with E-state index in [9.17, 15) is 0 Å². The predicted octanol–water partition coefficient (Wildman–Crippen LogP) is 3.92. The molecule has 0 spiro atoms. The van der Waals surface area contributed by atoms with E-state index < -0.39 is 0 Å². The third-order valence-electron chi connectivity index (χ3n) is 4.18. The van der Waals surface area contributed by atoms with Gasteiger partial charge in [-0.2, -0.15) is 5.10 Å². The molecule has 1 unspecified atom stereocenters. The first-order valence-corrected chi connectivity index (χ1v) is 7.62. The number of benzene rings is 1. The van der Waals surface area contributed by atoms with Crippen LogP contribution in [0.3, 0.4) is 0 Å². The molecule has 1 N–H and O–H groups in total. The summed E-state index contributed by atoms with van der Waals surface area (Å²) in [6, 6.07) is 11.2. The van der Waals surface area contributed by atoms with Crippen molar-refractivity contribution in [1.82, 2.24) is 9.78 Å². The maximum Gasteiger partial charge on any atom is 0.0659 e. The van der Waals surface area contributed by atoms with E-state index in [2.05, 4.69) is 41.6 Å². The van der Waals surface area contributed by atoms with Crippen molar-refractivity contribution in [3.63, 3.8) is 0 Å². The average molecular weight is 269 g/mol. The molecule has 0 amide bonds. The zero-order chi connectivity index (χ0) is 13.8. The van der Waals surface area contributed by atoms with Gasteiger partial charge in [0.15, 0.2) is 0 Å². The Kier molecular flexibility index (Phi) is 4.05. The molecule has 1 aromatic heterocycles. The van der Waals surface area contributed by atoms with E-state index in [0.29, 0.717) is 6.04 Å². The molecule has 1 aliphatic rings. The summed E-state index contributed by atoms with van der Waals surface area (Å²) in [6.07, 6.45) is 9.39. The van der Waals surface area contributed by atoms with Crippen LogP contribution in [0.2, 0.25) is 0 Å². The van der Waals surface area contributed by atoms with Crippen LogP contribution in [0.25, 0.3) is 0 Å². The Morgan fingerprint density at radius 3 is 2.70 bits per heavy atom. The van der Waals surface area contributed by atoms with Gasteiger partial charge in [-0.05, 0) is 43.0 Å². The van der Waals surface area contributed by atoms with Crippen LogP contribution in [0, 0.1) is 5.92 Å². The monoisotopic (exact) mass is 269 g/mol. The molecule has 0 saturated heterocycles. The first-order chi connectivity index (χ1) is 9.79. The zero-order valence-corrected chi connectivity index (χ0v) is 12.1. The van der Waals surface area contributed by atoms with Crippen LogP contribution < -0.4 is 5.32 Å². The third kappa shape index (κ3) is 3.41. The maximum atomic E-state index is 4.23. The molecule has 1 fully saturated rings. The van der Waals surface area contributed by atoms with Gasteiger partial charge in [-0.3, -0.25) is 4.68 Å². The summed E-state index contributed by atoms with van der Waals surface area (Å²) in [5.74, 6) is 0.955. The fourth-order valence-electron chi connectivity index (χ4n) is 2.86. The number of nitrogens with zero attached hydrogens (tertiary/aromatic N) is 2. The normalized spacial score (nSPS) is 16.6. The van der Waals surface area contributed by atoms with Crippen molar-refractivity contribution in [2.45, 2.75) is 45.2 Å². The molecule has 1 aliphatic carbocycles. The second-order valence-corrected chi connectivity index (χ2v) is 5.98. The molecule has 0 aliphatic heterocycles. The third-order valence-corrected chi connectivity index (χ3v) is 4.18. The van der Waals surface area contributed by atoms with Crippen LogP contribution in [0.4, 0.5) is 5.69 Å². The summed E-state index contributed by atoms with van der Waals surface area (Å²) in [5.41, 5.74) is 2.51. The van der Waals surface area contributed by atoms with Crippen molar-refractivity contribution in [3.8, 4) is 0 Å². The Balaban J connectivity index is 1.52. The summed E-state index contributed by atoms with van der Waals surface area (Å²) < 4.78 is 1.95. The molecule has 1 atom stereocenters. The van der Waals surface area contributed by atoms with Crippen LogP contribution in [0.1, 0.15) is 38.2 Å². The van der Waals surface area contributed by atoms with Crippen molar-refractivity contribution >= 4 is 5.69 Å². The quantitative estimate of drug-likeness (QED) is 0.861. The van der Waals surface area contributed by atoms with Gasteiger partial charge in [0.2, 0.25) is 0 Å². The van der Waals surface area contributed by atoms with Crippen molar-refractivity contribution in [2.75, 3.05) is 5.32 Å². The number of nitrogens with one attached hydrogen (secondary N) is 1. The van der Waals surface area contributed by atoms with Gasteiger partial charge in [0, 0.05) is 24.1 Å². The molecule has 1 saturated carbocycles. The van der Waals surface area contributed by atoms with Crippen LogP contribution in [-0.4, -0.2) is 15.8 Å². The predicted molar refractivity (Wildman–Crippen MR) is 82.8 cm³/mol. The van der Waals surface area contributed by atoms with Crippen LogP contribution in [0.15, 0.2) is 42.7 Å². The molecule has 0 radical (unpaired) electrons. The second kappa shape index (κ2) is 6.12. The fourth-order valence-corrected chi connectivity index (χ4v) is 2.86. The van der Waals surface area contributed by atoms with Gasteiger partial charge in [-0.1, -0.05) is 31.4 Å². The van der Waals surface area contributed by atoms with Crippen LogP contribution >= 0.6 is 0 Å². The van der Waals surface area contributed by atoms with Gasteiger partial charge in [0.1, 0.15) is 0 Å². The van der Waals surface area contributed by atoms with Gasteiger partial charge in [0.25, 0.3) is 0 Å². The molecular formula is C17H23N3. The minimum Gasteiger partial charge on any atom is -0.383 e. The molecule has 106 valence electrons. The Morgan fingerprint density at radius 1 is 1.30 bits per heavy atom. The van der Waals surface area contributed by atoms with Crippen LogP contribution in [0.5, 0.6) is 0 Å². The summed E-state index contributed by atoms with van der Waals surface area (Å²) in [7, 11) is 0. The van der Waals surface area contributed by atoms with E-state index in [-0.39, 0.29) is 0 Å². The Labute approximate surface area is 121 Å². The highest BCUT2D eigenvalue weighted by Gasteiger charge is 2.19. The highest BCUT2D eigenvalue weighted by Crippen LogP contribution is 2.31. The second-order valence-electron chi connectivity index (χ2n) is 5.98. The Hall–Kier alpha value is -1.77. The lowest BCUT2D eigenvalue weighted by atomic mass is 9.81. The largest absolute Gasteiger partial charge is 0.383 e. The number of hydrogen-bond acceptors (Lipinski definition) is 2. The highest BCUT2D eigenvalue weighted by atomic mass is 15.3. The lowest BCUT2D eigenvalue weighted by Gasteiger charge is -2.28. The Morgan fingerprint density at radius 2 is 2.10 bits per heavy atom. The molecule has 1 aromatic carbocycles. The molecule has 3 nitrogen and oxygen atoms in total. The van der Waals surface area contributed by atoms with Crippen LogP contribution in [-0.2, 0) is 6.54 Å². The summed E-state index contributed by atoms with van der Waals surface area (Å²) in [4.78, 5) is 0. The van der Waals surface area contributed by atoms with E-state index in [1.54, 1.807) is 0 Å². The van der Waals surface area contributed by atoms with Gasteiger partial charge in [-0.25, -0.2) is 0 Å². The number of aromatic nitrogens is 2. The van der Waals surface area contributed by atoms with Crippen molar-refractivity contribution in [3.05, 3.63) is 48.3 Å². The minimum absolute atomic E-state index is 0.567. The number of hydrogen-bond donors (Lipinski definition) is 1. The van der Waals surface area contributed by atoms with E-state index in [4.69, 9.17) is 0 Å². The van der Waals surface area contributed by atoms with Gasteiger partial charge < -0.3 is 5.32 Å². The number of anilines is 1. The van der Waals surface area contributed by atoms with Gasteiger partial charge in [0.05, 0.1) is 6.54 Å². The molecular weight excluding hydrogens is 246 g/mol. The van der Waals surface area contributed by atoms with E-state index >= 15 is 0 Å². The van der Waals surface area contributed by atoms with Gasteiger partial charge >= 0.3 is 0 Å². The zero-order valence-electron chi connectivity index (χ0n) is 12.1. The summed E-state index contributed by atoms with van der Waals surface area (Å²) in [6.45, 7) is 3.13. The van der Waals surface area contributed by atoms with Crippen molar-refractivity contribution in [1.29, 1.82) is 0 Å². The average Bonchev–Trinajstić information content (AvgIpc) is 2.89. The van der Waals surface area contributed by atoms with E-state index in [0.717, 1.165) is 12.5 Å². The first kappa shape index (κ1) is 13.2. The molecule has 0 bridgehead atoms. The first-order valence-electron chi connectivity index (χ1n) is 7.62. The maximum absolute atomic E-state index is 4.23. The lowest BCUT2D eigenvalue weighted by molar-refractivity contribution is 0.286. The minimum atomic E-state index is 0.567. The molecule has 1 heterocycles. The lowest BCUT2D eigenvalue weighted by Crippen LogP contribution is -2.23. The summed E-state index contributed by atoms with van der Waals surface area (Å²) >= 11 is 0. The van der Waals surface area contributed by atoms with Crippen molar-refractivity contribution in [2.24, 2.45) is 5.92 Å². The fraction of sp³-hybridized carbons (Fsp3) is 0.471. The number of rotatable bonds is 6. The molecule has 3 heteroatoms. The standard InChI is InChI=1S/C17H23N3/c1-14(12-15-4-2-5-15)19-17-8-6-16(7-9-17)13-20-11-3-10-18-20/h3,6-11,14-15,19H,2,4-5,12-13H2,1H3. The molecule has 20 heavy (non-hydrogen) atoms. The molecule has 2 aromatic rings. The highest BCUT2D eigenvalue weighted by molar-refractivity contribution is 5.45. The van der Waals surface area contributed by atoms with E-state index in [1.165, 1.54) is 36.9 Å². The van der Waals surface area contributed by atoms with Crippen molar-refractivity contribution < 1.29 is 0 Å². The molecule has 3 rings (SSSR count). The van der Waals surface area contributed by atoms with E-state index in [1.807, 2.05) is 23.1 Å². The topological polar surface area (TPSA) is 29.9 Å². The Bertz CT molecular complexity index is 512. The van der Waals surface area contributed by atoms with Gasteiger partial charge in [-0.15, -0.1) is 0 Å². The summed E-state index contributed by atoms with van der Waals surface area (Å²) in [5, 5.41) is 7.84. The smallest absolute Gasteiger partial charge is 0.0659 e. The SMILES string of the molecule is CC(CC1CCC1)Nc1ccc(Cn2cccn2)cc1.